The second kappa shape index (κ2) is 8.72. The molecule has 4 rings (SSSR count). The summed E-state index contributed by atoms with van der Waals surface area (Å²) in [6, 6.07) is 21.0. The third-order valence-electron chi connectivity index (χ3n) is 6.05. The second-order valence-corrected chi connectivity index (χ2v) is 8.26. The average molecular weight is 414 g/mol. The first-order valence-corrected chi connectivity index (χ1v) is 10.7. The molecule has 0 saturated heterocycles. The minimum absolute atomic E-state index is 0.0114. The Labute approximate surface area is 183 Å². The van der Waals surface area contributed by atoms with Crippen LogP contribution in [0.25, 0.3) is 0 Å². The summed E-state index contributed by atoms with van der Waals surface area (Å²) in [7, 11) is 0. The van der Waals surface area contributed by atoms with Crippen LogP contribution in [0.1, 0.15) is 47.8 Å². The molecule has 2 heterocycles. The van der Waals surface area contributed by atoms with E-state index in [1.165, 1.54) is 0 Å². The first-order valence-electron chi connectivity index (χ1n) is 10.7. The summed E-state index contributed by atoms with van der Waals surface area (Å²) in [4.78, 5) is 32.5. The lowest BCUT2D eigenvalue weighted by molar-refractivity contribution is -0.120. The van der Waals surface area contributed by atoms with Gasteiger partial charge in [0.05, 0.1) is 0 Å². The van der Waals surface area contributed by atoms with Crippen molar-refractivity contribution in [3.8, 4) is 0 Å². The Balaban J connectivity index is 1.63. The number of anilines is 2. The molecular weight excluding hydrogens is 386 g/mol. The van der Waals surface area contributed by atoms with Crippen LogP contribution >= 0.6 is 0 Å². The molecule has 2 aromatic carbocycles. The van der Waals surface area contributed by atoms with E-state index in [0.29, 0.717) is 5.56 Å². The molecule has 3 aromatic rings. The van der Waals surface area contributed by atoms with Crippen molar-refractivity contribution in [2.24, 2.45) is 5.92 Å². The number of carbonyl (C=O) groups excluding carboxylic acids is 2. The number of hydrogen-bond donors (Lipinski definition) is 1. The number of nitrogens with one attached hydrogen (secondary N) is 1. The molecule has 1 aliphatic heterocycles. The number of aromatic nitrogens is 1. The number of para-hydroxylation sites is 2. The summed E-state index contributed by atoms with van der Waals surface area (Å²) in [5.41, 5.74) is 4.15. The van der Waals surface area contributed by atoms with Crippen molar-refractivity contribution in [1.29, 1.82) is 0 Å². The van der Waals surface area contributed by atoms with Gasteiger partial charge in [-0.25, -0.2) is 0 Å². The van der Waals surface area contributed by atoms with Crippen LogP contribution in [0.15, 0.2) is 72.9 Å². The molecule has 3 atom stereocenters. The van der Waals surface area contributed by atoms with Crippen molar-refractivity contribution in [2.75, 3.05) is 10.2 Å². The highest BCUT2D eigenvalue weighted by molar-refractivity contribution is 6.07. The maximum atomic E-state index is 13.4. The molecule has 1 aromatic heterocycles. The van der Waals surface area contributed by atoms with Crippen molar-refractivity contribution < 1.29 is 9.59 Å². The number of carbonyl (C=O) groups is 2. The van der Waals surface area contributed by atoms with E-state index in [0.717, 1.165) is 29.1 Å². The molecule has 0 radical (unpaired) electrons. The van der Waals surface area contributed by atoms with Gasteiger partial charge in [0.15, 0.2) is 0 Å². The molecule has 0 aliphatic carbocycles. The predicted octanol–water partition coefficient (Wildman–Crippen LogP) is 5.19. The van der Waals surface area contributed by atoms with E-state index in [-0.39, 0.29) is 29.7 Å². The number of amides is 2. The standard InChI is InChI=1S/C26H27N3O2/c1-17-15-20(13-14-27-17)26(31)29-18(2)16-23(22-11-7-8-12-24(22)29)19(3)25(30)28-21-9-5-4-6-10-21/h4-15,18-19,23H,16H2,1-3H3,(H,28,30)/t18-,19?,23-/m0/s1. The van der Waals surface area contributed by atoms with Gasteiger partial charge in [-0.1, -0.05) is 43.3 Å². The lowest BCUT2D eigenvalue weighted by atomic mass is 9.78. The molecule has 1 unspecified atom stereocenters. The Morgan fingerprint density at radius 2 is 1.77 bits per heavy atom. The van der Waals surface area contributed by atoms with Gasteiger partial charge in [-0.15, -0.1) is 0 Å². The number of pyridine rings is 1. The molecule has 1 N–H and O–H groups in total. The van der Waals surface area contributed by atoms with Gasteiger partial charge in [0.2, 0.25) is 5.91 Å². The molecule has 158 valence electrons. The van der Waals surface area contributed by atoms with E-state index in [1.807, 2.05) is 79.4 Å². The van der Waals surface area contributed by atoms with Crippen LogP contribution in [0.3, 0.4) is 0 Å². The molecule has 31 heavy (non-hydrogen) atoms. The van der Waals surface area contributed by atoms with Gasteiger partial charge in [0.1, 0.15) is 0 Å². The van der Waals surface area contributed by atoms with Crippen LogP contribution in [0, 0.1) is 12.8 Å². The summed E-state index contributed by atoms with van der Waals surface area (Å²) in [5, 5.41) is 3.02. The maximum Gasteiger partial charge on any atom is 0.258 e. The predicted molar refractivity (Wildman–Crippen MR) is 123 cm³/mol. The van der Waals surface area contributed by atoms with Crippen molar-refractivity contribution in [2.45, 2.75) is 39.2 Å². The van der Waals surface area contributed by atoms with Gasteiger partial charge in [0, 0.05) is 40.8 Å². The normalized spacial score (nSPS) is 18.7. The van der Waals surface area contributed by atoms with Crippen LogP contribution in [-0.4, -0.2) is 22.8 Å². The lowest BCUT2D eigenvalue weighted by Crippen LogP contribution is -2.45. The summed E-state index contributed by atoms with van der Waals surface area (Å²) in [5.74, 6) is -0.254. The molecule has 2 amide bonds. The van der Waals surface area contributed by atoms with E-state index < -0.39 is 0 Å². The zero-order valence-electron chi connectivity index (χ0n) is 18.1. The fourth-order valence-electron chi connectivity index (χ4n) is 4.42. The van der Waals surface area contributed by atoms with Crippen LogP contribution in [-0.2, 0) is 4.79 Å². The Bertz CT molecular complexity index is 1100. The third-order valence-corrected chi connectivity index (χ3v) is 6.05. The third kappa shape index (κ3) is 4.22. The zero-order chi connectivity index (χ0) is 22.0. The van der Waals surface area contributed by atoms with Crippen LogP contribution in [0.4, 0.5) is 11.4 Å². The Morgan fingerprint density at radius 3 is 2.52 bits per heavy atom. The van der Waals surface area contributed by atoms with E-state index in [4.69, 9.17) is 0 Å². The van der Waals surface area contributed by atoms with E-state index in [1.54, 1.807) is 12.3 Å². The zero-order valence-corrected chi connectivity index (χ0v) is 18.1. The molecule has 5 heteroatoms. The van der Waals surface area contributed by atoms with Gasteiger partial charge in [-0.05, 0) is 62.1 Å². The SMILES string of the molecule is Cc1cc(C(=O)N2c3ccccc3[C@H](C(C)C(=O)Nc3ccccc3)C[C@@H]2C)ccn1. The highest BCUT2D eigenvalue weighted by atomic mass is 16.2. The molecule has 0 bridgehead atoms. The molecule has 0 spiro atoms. The van der Waals surface area contributed by atoms with Crippen molar-refractivity contribution in [3.63, 3.8) is 0 Å². The monoisotopic (exact) mass is 413 g/mol. The summed E-state index contributed by atoms with van der Waals surface area (Å²) >= 11 is 0. The van der Waals surface area contributed by atoms with Gasteiger partial charge in [-0.2, -0.15) is 0 Å². The van der Waals surface area contributed by atoms with E-state index in [2.05, 4.69) is 17.2 Å². The lowest BCUT2D eigenvalue weighted by Gasteiger charge is -2.41. The highest BCUT2D eigenvalue weighted by Crippen LogP contribution is 2.43. The Hall–Kier alpha value is -3.47. The number of nitrogens with zero attached hydrogens (tertiary/aromatic N) is 2. The number of benzene rings is 2. The quantitative estimate of drug-likeness (QED) is 0.640. The number of aryl methyl sites for hydroxylation is 1. The first-order chi connectivity index (χ1) is 15.0. The smallest absolute Gasteiger partial charge is 0.258 e. The number of fused-ring (bicyclic) bond motifs is 1. The summed E-state index contributed by atoms with van der Waals surface area (Å²) in [6.45, 7) is 5.90. The molecule has 5 nitrogen and oxygen atoms in total. The van der Waals surface area contributed by atoms with Crippen LogP contribution in [0.2, 0.25) is 0 Å². The van der Waals surface area contributed by atoms with Crippen molar-refractivity contribution >= 4 is 23.2 Å². The van der Waals surface area contributed by atoms with Crippen LogP contribution < -0.4 is 10.2 Å². The Morgan fingerprint density at radius 1 is 1.06 bits per heavy atom. The van der Waals surface area contributed by atoms with Gasteiger partial charge in [0.25, 0.3) is 5.91 Å². The molecule has 0 fully saturated rings. The van der Waals surface area contributed by atoms with Gasteiger partial charge >= 0.3 is 0 Å². The van der Waals surface area contributed by atoms with Gasteiger partial charge < -0.3 is 10.2 Å². The van der Waals surface area contributed by atoms with E-state index in [9.17, 15) is 9.59 Å². The van der Waals surface area contributed by atoms with Gasteiger partial charge in [-0.3, -0.25) is 14.6 Å². The fraction of sp³-hybridized carbons (Fsp3) is 0.269. The summed E-state index contributed by atoms with van der Waals surface area (Å²) < 4.78 is 0. The topological polar surface area (TPSA) is 62.3 Å². The molecule has 1 aliphatic rings. The molecule has 0 saturated carbocycles. The second-order valence-electron chi connectivity index (χ2n) is 8.26. The highest BCUT2D eigenvalue weighted by Gasteiger charge is 2.38. The molecular formula is C26H27N3O2. The number of rotatable bonds is 4. The largest absolute Gasteiger partial charge is 0.326 e. The average Bonchev–Trinajstić information content (AvgIpc) is 2.78. The fourth-order valence-corrected chi connectivity index (χ4v) is 4.42. The number of hydrogen-bond acceptors (Lipinski definition) is 3. The Kier molecular flexibility index (Phi) is 5.85. The van der Waals surface area contributed by atoms with Crippen molar-refractivity contribution in [1.82, 2.24) is 4.98 Å². The minimum atomic E-state index is -0.232. The van der Waals surface area contributed by atoms with Crippen molar-refractivity contribution in [3.05, 3.63) is 89.7 Å². The minimum Gasteiger partial charge on any atom is -0.326 e. The van der Waals surface area contributed by atoms with E-state index >= 15 is 0 Å². The van der Waals surface area contributed by atoms with Crippen LogP contribution in [0.5, 0.6) is 0 Å². The first kappa shape index (κ1) is 20.8. The summed E-state index contributed by atoms with van der Waals surface area (Å²) in [6.07, 6.45) is 2.39. The maximum absolute atomic E-state index is 13.4.